The first-order valence-electron chi connectivity index (χ1n) is 5.98. The van der Waals surface area contributed by atoms with Crippen LogP contribution in [0.2, 0.25) is 0 Å². The molecule has 18 heavy (non-hydrogen) atoms. The molecule has 0 spiro atoms. The normalized spacial score (nSPS) is 10.8. The molecule has 2 rings (SSSR count). The number of para-hydroxylation sites is 1. The van der Waals surface area contributed by atoms with Gasteiger partial charge in [-0.15, -0.1) is 5.10 Å². The number of aromatic nitrogens is 3. The van der Waals surface area contributed by atoms with Gasteiger partial charge in [-0.05, 0) is 25.1 Å². The van der Waals surface area contributed by atoms with Crippen LogP contribution in [0.1, 0.15) is 11.3 Å². The van der Waals surface area contributed by atoms with Gasteiger partial charge in [0.25, 0.3) is 0 Å². The summed E-state index contributed by atoms with van der Waals surface area (Å²) in [5.74, 6) is 0. The molecular weight excluding hydrogens is 228 g/mol. The van der Waals surface area contributed by atoms with Crippen LogP contribution in [0.25, 0.3) is 5.69 Å². The molecule has 5 nitrogen and oxygen atoms in total. The summed E-state index contributed by atoms with van der Waals surface area (Å²) in [6.07, 6.45) is 2.65. The lowest BCUT2D eigenvalue weighted by Gasteiger charge is -2.11. The third-order valence-electron chi connectivity index (χ3n) is 2.77. The lowest BCUT2D eigenvalue weighted by molar-refractivity contribution is 0.202. The van der Waals surface area contributed by atoms with Gasteiger partial charge in [0.05, 0.1) is 24.2 Å². The van der Waals surface area contributed by atoms with Crippen molar-refractivity contribution in [3.63, 3.8) is 0 Å². The highest BCUT2D eigenvalue weighted by molar-refractivity contribution is 5.41. The highest BCUT2D eigenvalue weighted by Gasteiger charge is 2.09. The maximum absolute atomic E-state index is 5.14. The topological polar surface area (TPSA) is 52.0 Å². The summed E-state index contributed by atoms with van der Waals surface area (Å²) in [6.45, 7) is 1.44. The SMILES string of the molecule is CNCc1cnnn1-c1ccccc1CCOC. The molecule has 1 aromatic carbocycles. The second-order valence-electron chi connectivity index (χ2n) is 4.04. The minimum absolute atomic E-state index is 0.701. The van der Waals surface area contributed by atoms with Crippen molar-refractivity contribution in [2.24, 2.45) is 0 Å². The van der Waals surface area contributed by atoms with Gasteiger partial charge < -0.3 is 10.1 Å². The minimum Gasteiger partial charge on any atom is -0.384 e. The molecule has 0 unspecified atom stereocenters. The molecule has 0 saturated heterocycles. The van der Waals surface area contributed by atoms with Crippen LogP contribution in [0.3, 0.4) is 0 Å². The van der Waals surface area contributed by atoms with Gasteiger partial charge in [0.2, 0.25) is 0 Å². The smallest absolute Gasteiger partial charge is 0.0783 e. The van der Waals surface area contributed by atoms with E-state index < -0.39 is 0 Å². The molecule has 0 radical (unpaired) electrons. The first-order chi connectivity index (χ1) is 8.86. The Balaban J connectivity index is 2.33. The van der Waals surface area contributed by atoms with Crippen molar-refractivity contribution in [1.82, 2.24) is 20.3 Å². The number of nitrogens with zero attached hydrogens (tertiary/aromatic N) is 3. The van der Waals surface area contributed by atoms with Crippen molar-refractivity contribution in [2.45, 2.75) is 13.0 Å². The van der Waals surface area contributed by atoms with Crippen molar-refractivity contribution >= 4 is 0 Å². The van der Waals surface area contributed by atoms with Gasteiger partial charge in [-0.2, -0.15) is 0 Å². The van der Waals surface area contributed by atoms with Crippen molar-refractivity contribution in [1.29, 1.82) is 0 Å². The van der Waals surface area contributed by atoms with Crippen LogP contribution in [0.15, 0.2) is 30.5 Å². The first-order valence-corrected chi connectivity index (χ1v) is 5.98. The standard InChI is InChI=1S/C13H18N4O/c1-14-9-12-10-15-16-17(12)13-6-4-3-5-11(13)7-8-18-2/h3-6,10,14H,7-9H2,1-2H3. The minimum atomic E-state index is 0.701. The molecule has 0 aliphatic rings. The molecule has 1 N–H and O–H groups in total. The van der Waals surface area contributed by atoms with Gasteiger partial charge in [-0.1, -0.05) is 23.4 Å². The Morgan fingerprint density at radius 1 is 1.33 bits per heavy atom. The number of nitrogens with one attached hydrogen (secondary N) is 1. The van der Waals surface area contributed by atoms with E-state index in [1.54, 1.807) is 13.3 Å². The van der Waals surface area contributed by atoms with E-state index in [0.717, 1.165) is 24.3 Å². The number of hydrogen-bond acceptors (Lipinski definition) is 4. The number of rotatable bonds is 6. The summed E-state index contributed by atoms with van der Waals surface area (Å²) in [6, 6.07) is 8.19. The van der Waals surface area contributed by atoms with E-state index in [-0.39, 0.29) is 0 Å². The highest BCUT2D eigenvalue weighted by atomic mass is 16.5. The summed E-state index contributed by atoms with van der Waals surface area (Å²) in [5, 5.41) is 11.3. The zero-order valence-corrected chi connectivity index (χ0v) is 10.8. The van der Waals surface area contributed by atoms with E-state index in [4.69, 9.17) is 4.74 Å². The average molecular weight is 246 g/mol. The molecule has 0 saturated carbocycles. The Labute approximate surface area is 107 Å². The second kappa shape index (κ2) is 6.28. The predicted octanol–water partition coefficient (Wildman–Crippen LogP) is 1.18. The Hall–Kier alpha value is -1.72. The number of methoxy groups -OCH3 is 1. The highest BCUT2D eigenvalue weighted by Crippen LogP contribution is 2.16. The monoisotopic (exact) mass is 246 g/mol. The van der Waals surface area contributed by atoms with E-state index in [1.807, 2.05) is 23.9 Å². The summed E-state index contributed by atoms with van der Waals surface area (Å²) in [7, 11) is 3.62. The Morgan fingerprint density at radius 2 is 2.17 bits per heavy atom. The van der Waals surface area contributed by atoms with E-state index >= 15 is 0 Å². The van der Waals surface area contributed by atoms with Crippen molar-refractivity contribution in [3.05, 3.63) is 41.7 Å². The Kier molecular flexibility index (Phi) is 4.44. The zero-order valence-electron chi connectivity index (χ0n) is 10.8. The summed E-state index contributed by atoms with van der Waals surface area (Å²) in [5.41, 5.74) is 3.32. The van der Waals surface area contributed by atoms with Crippen molar-refractivity contribution < 1.29 is 4.74 Å². The van der Waals surface area contributed by atoms with E-state index in [0.29, 0.717) is 6.61 Å². The third-order valence-corrected chi connectivity index (χ3v) is 2.77. The predicted molar refractivity (Wildman–Crippen MR) is 69.7 cm³/mol. The van der Waals surface area contributed by atoms with Gasteiger partial charge in [-0.3, -0.25) is 0 Å². The van der Waals surface area contributed by atoms with Gasteiger partial charge in [-0.25, -0.2) is 4.68 Å². The van der Waals surface area contributed by atoms with Gasteiger partial charge in [0.15, 0.2) is 0 Å². The molecule has 0 bridgehead atoms. The van der Waals surface area contributed by atoms with Gasteiger partial charge in [0.1, 0.15) is 0 Å². The largest absolute Gasteiger partial charge is 0.384 e. The van der Waals surface area contributed by atoms with Crippen LogP contribution in [0.4, 0.5) is 0 Å². The molecular formula is C13H18N4O. The van der Waals surface area contributed by atoms with Crippen LogP contribution >= 0.6 is 0 Å². The van der Waals surface area contributed by atoms with E-state index in [1.165, 1.54) is 5.56 Å². The molecule has 0 aliphatic heterocycles. The Bertz CT molecular complexity index is 495. The molecule has 0 atom stereocenters. The van der Waals surface area contributed by atoms with Crippen LogP contribution in [0, 0.1) is 0 Å². The molecule has 0 aliphatic carbocycles. The third kappa shape index (κ3) is 2.75. The van der Waals surface area contributed by atoms with E-state index in [2.05, 4.69) is 27.8 Å². The van der Waals surface area contributed by atoms with Crippen LogP contribution < -0.4 is 5.32 Å². The first kappa shape index (κ1) is 12.7. The van der Waals surface area contributed by atoms with Crippen LogP contribution in [-0.4, -0.2) is 35.8 Å². The quantitative estimate of drug-likeness (QED) is 0.831. The fourth-order valence-electron chi connectivity index (χ4n) is 1.90. The second-order valence-corrected chi connectivity index (χ2v) is 4.04. The average Bonchev–Trinajstić information content (AvgIpc) is 2.85. The van der Waals surface area contributed by atoms with Crippen molar-refractivity contribution in [2.75, 3.05) is 20.8 Å². The van der Waals surface area contributed by atoms with Gasteiger partial charge >= 0.3 is 0 Å². The molecule has 0 amide bonds. The fourth-order valence-corrected chi connectivity index (χ4v) is 1.90. The fraction of sp³-hybridized carbons (Fsp3) is 0.385. The molecule has 0 fully saturated rings. The van der Waals surface area contributed by atoms with E-state index in [9.17, 15) is 0 Å². The maximum atomic E-state index is 5.14. The molecule has 1 aromatic heterocycles. The number of benzene rings is 1. The van der Waals surface area contributed by atoms with Crippen LogP contribution in [-0.2, 0) is 17.7 Å². The molecule has 5 heteroatoms. The lowest BCUT2D eigenvalue weighted by Crippen LogP contribution is -2.12. The molecule has 96 valence electrons. The molecule has 2 aromatic rings. The molecule has 1 heterocycles. The Morgan fingerprint density at radius 3 is 2.94 bits per heavy atom. The van der Waals surface area contributed by atoms with Crippen molar-refractivity contribution in [3.8, 4) is 5.69 Å². The van der Waals surface area contributed by atoms with Gasteiger partial charge in [0, 0.05) is 13.7 Å². The van der Waals surface area contributed by atoms with Crippen LogP contribution in [0.5, 0.6) is 0 Å². The number of ether oxygens (including phenoxy) is 1. The zero-order chi connectivity index (χ0) is 12.8. The summed E-state index contributed by atoms with van der Waals surface area (Å²) < 4.78 is 7.01. The lowest BCUT2D eigenvalue weighted by atomic mass is 10.1. The number of hydrogen-bond donors (Lipinski definition) is 1. The summed E-state index contributed by atoms with van der Waals surface area (Å²) in [4.78, 5) is 0. The maximum Gasteiger partial charge on any atom is 0.0783 e. The summed E-state index contributed by atoms with van der Waals surface area (Å²) >= 11 is 0.